The largest absolute Gasteiger partial charge is 0.336 e. The maximum Gasteiger partial charge on any atom is 0.259 e. The number of aromatic nitrogens is 4. The summed E-state index contributed by atoms with van der Waals surface area (Å²) in [5.41, 5.74) is 3.01. The van der Waals surface area contributed by atoms with Gasteiger partial charge in [-0.15, -0.1) is 12.4 Å². The number of likely N-dealkylation sites (N-methyl/N-ethyl adjacent to an activating group) is 1. The highest BCUT2D eigenvalue weighted by Gasteiger charge is 2.20. The average molecular weight is 352 g/mol. The number of nitrogens with one attached hydrogen (secondary N) is 1. The average Bonchev–Trinajstić information content (AvgIpc) is 3.13. The van der Waals surface area contributed by atoms with E-state index in [4.69, 9.17) is 9.05 Å². The van der Waals surface area contributed by atoms with E-state index in [0.717, 1.165) is 22.3 Å². The van der Waals surface area contributed by atoms with Gasteiger partial charge < -0.3 is 14.4 Å². The lowest BCUT2D eigenvalue weighted by Crippen LogP contribution is -2.24. The van der Waals surface area contributed by atoms with Crippen molar-refractivity contribution in [2.75, 3.05) is 7.05 Å². The Kier molecular flexibility index (Phi) is 5.56. The van der Waals surface area contributed by atoms with Crippen molar-refractivity contribution in [1.29, 1.82) is 0 Å². The van der Waals surface area contributed by atoms with E-state index < -0.39 is 0 Å². The number of fused-ring (bicyclic) bond motifs is 1. The van der Waals surface area contributed by atoms with Gasteiger partial charge in [-0.2, -0.15) is 4.98 Å². The maximum absolute atomic E-state index is 5.48. The minimum Gasteiger partial charge on any atom is -0.336 e. The molecule has 0 aliphatic heterocycles. The van der Waals surface area contributed by atoms with Crippen LogP contribution in [0.25, 0.3) is 22.6 Å². The number of halogens is 1. The summed E-state index contributed by atoms with van der Waals surface area (Å²) in [6.07, 6.45) is 0.702. The zero-order valence-corrected chi connectivity index (χ0v) is 15.3. The third-order valence-electron chi connectivity index (χ3n) is 3.91. The SMILES string of the molecule is CNC(C)Cc1noc(-c2cc(C(C)C)nc3onc(C)c23)n1.Cl. The highest BCUT2D eigenvalue weighted by atomic mass is 35.5. The molecule has 0 amide bonds. The van der Waals surface area contributed by atoms with Crippen LogP contribution in [0.3, 0.4) is 0 Å². The first kappa shape index (κ1) is 18.4. The molecule has 8 heteroatoms. The standard InChI is InChI=1S/C16H21N5O2.ClH/c1-8(2)12-7-11(14-10(4)20-23-16(14)18-12)15-19-13(21-22-15)6-9(3)17-5;/h7-9,17H,6H2,1-5H3;1H. The van der Waals surface area contributed by atoms with Crippen molar-refractivity contribution >= 4 is 23.5 Å². The van der Waals surface area contributed by atoms with Gasteiger partial charge in [-0.25, -0.2) is 4.98 Å². The summed E-state index contributed by atoms with van der Waals surface area (Å²) in [4.78, 5) is 9.05. The van der Waals surface area contributed by atoms with Crippen molar-refractivity contribution in [3.63, 3.8) is 0 Å². The number of hydrogen-bond acceptors (Lipinski definition) is 7. The number of rotatable bonds is 5. The van der Waals surface area contributed by atoms with Gasteiger partial charge in [-0.3, -0.25) is 0 Å². The molecule has 0 bridgehead atoms. The number of aryl methyl sites for hydroxylation is 1. The van der Waals surface area contributed by atoms with Crippen LogP contribution in [0.15, 0.2) is 15.1 Å². The molecule has 7 nitrogen and oxygen atoms in total. The molecule has 3 rings (SSSR count). The smallest absolute Gasteiger partial charge is 0.259 e. The van der Waals surface area contributed by atoms with E-state index in [1.165, 1.54) is 0 Å². The molecule has 0 aromatic carbocycles. The maximum atomic E-state index is 5.48. The number of pyridine rings is 1. The van der Waals surface area contributed by atoms with Crippen LogP contribution in [0.2, 0.25) is 0 Å². The van der Waals surface area contributed by atoms with Gasteiger partial charge in [0.25, 0.3) is 11.6 Å². The molecule has 0 aliphatic rings. The summed E-state index contributed by atoms with van der Waals surface area (Å²) in [6, 6.07) is 2.26. The quantitative estimate of drug-likeness (QED) is 0.754. The van der Waals surface area contributed by atoms with Crippen LogP contribution in [-0.4, -0.2) is 33.4 Å². The molecule has 0 saturated heterocycles. The Morgan fingerprint density at radius 3 is 2.54 bits per heavy atom. The molecular weight excluding hydrogens is 330 g/mol. The second-order valence-corrected chi connectivity index (χ2v) is 6.11. The fourth-order valence-electron chi connectivity index (χ4n) is 2.40. The minimum absolute atomic E-state index is 0. The fraction of sp³-hybridized carbons (Fsp3) is 0.500. The first-order valence-corrected chi connectivity index (χ1v) is 7.76. The molecule has 0 saturated carbocycles. The van der Waals surface area contributed by atoms with E-state index in [0.29, 0.717) is 23.8 Å². The molecule has 3 heterocycles. The third-order valence-corrected chi connectivity index (χ3v) is 3.91. The Balaban J connectivity index is 0.00000208. The van der Waals surface area contributed by atoms with Gasteiger partial charge in [0.15, 0.2) is 5.82 Å². The van der Waals surface area contributed by atoms with Gasteiger partial charge in [0.2, 0.25) is 0 Å². The van der Waals surface area contributed by atoms with Crippen molar-refractivity contribution in [2.45, 2.75) is 46.1 Å². The molecule has 3 aromatic heterocycles. The van der Waals surface area contributed by atoms with E-state index in [-0.39, 0.29) is 24.4 Å². The zero-order chi connectivity index (χ0) is 16.6. The van der Waals surface area contributed by atoms with Crippen LogP contribution in [0.5, 0.6) is 0 Å². The van der Waals surface area contributed by atoms with Crippen LogP contribution in [0, 0.1) is 6.92 Å². The van der Waals surface area contributed by atoms with Crippen molar-refractivity contribution in [2.24, 2.45) is 0 Å². The second kappa shape index (κ2) is 7.27. The molecule has 0 fully saturated rings. The van der Waals surface area contributed by atoms with E-state index in [1.54, 1.807) is 0 Å². The highest BCUT2D eigenvalue weighted by molar-refractivity contribution is 5.91. The molecule has 130 valence electrons. The molecule has 3 aromatic rings. The molecule has 0 radical (unpaired) electrons. The summed E-state index contributed by atoms with van der Waals surface area (Å²) in [7, 11) is 1.91. The predicted octanol–water partition coefficient (Wildman–Crippen LogP) is 3.28. The van der Waals surface area contributed by atoms with Crippen molar-refractivity contribution < 1.29 is 9.05 Å². The molecule has 1 atom stereocenters. The fourth-order valence-corrected chi connectivity index (χ4v) is 2.40. The molecule has 0 aliphatic carbocycles. The molecular formula is C16H22ClN5O2. The Labute approximate surface area is 146 Å². The lowest BCUT2D eigenvalue weighted by molar-refractivity contribution is 0.418. The van der Waals surface area contributed by atoms with Crippen LogP contribution >= 0.6 is 12.4 Å². The van der Waals surface area contributed by atoms with Crippen LogP contribution in [-0.2, 0) is 6.42 Å². The Bertz CT molecular complexity index is 827. The molecule has 1 N–H and O–H groups in total. The Hall–Kier alpha value is -1.99. The lowest BCUT2D eigenvalue weighted by Gasteiger charge is -2.06. The summed E-state index contributed by atoms with van der Waals surface area (Å²) >= 11 is 0. The first-order chi connectivity index (χ1) is 11.0. The minimum atomic E-state index is 0. The van der Waals surface area contributed by atoms with Crippen molar-refractivity contribution in [3.05, 3.63) is 23.3 Å². The predicted molar refractivity (Wildman–Crippen MR) is 93.4 cm³/mol. The highest BCUT2D eigenvalue weighted by Crippen LogP contribution is 2.31. The van der Waals surface area contributed by atoms with E-state index in [9.17, 15) is 0 Å². The monoisotopic (exact) mass is 351 g/mol. The van der Waals surface area contributed by atoms with Crippen molar-refractivity contribution in [3.8, 4) is 11.5 Å². The lowest BCUT2D eigenvalue weighted by atomic mass is 10.0. The summed E-state index contributed by atoms with van der Waals surface area (Å²) < 4.78 is 10.8. The van der Waals surface area contributed by atoms with E-state index >= 15 is 0 Å². The summed E-state index contributed by atoms with van der Waals surface area (Å²) in [5.74, 6) is 1.41. The van der Waals surface area contributed by atoms with Crippen molar-refractivity contribution in [1.82, 2.24) is 25.6 Å². The Morgan fingerprint density at radius 1 is 1.12 bits per heavy atom. The van der Waals surface area contributed by atoms with Gasteiger partial charge in [0, 0.05) is 18.2 Å². The number of nitrogens with zero attached hydrogens (tertiary/aromatic N) is 4. The third kappa shape index (κ3) is 3.42. The summed E-state index contributed by atoms with van der Waals surface area (Å²) in [6.45, 7) is 8.11. The molecule has 0 spiro atoms. The number of hydrogen-bond donors (Lipinski definition) is 1. The first-order valence-electron chi connectivity index (χ1n) is 7.76. The molecule has 24 heavy (non-hydrogen) atoms. The van der Waals surface area contributed by atoms with E-state index in [2.05, 4.69) is 46.4 Å². The Morgan fingerprint density at radius 2 is 1.88 bits per heavy atom. The van der Waals surface area contributed by atoms with Gasteiger partial charge in [-0.1, -0.05) is 24.2 Å². The topological polar surface area (TPSA) is 89.9 Å². The van der Waals surface area contributed by atoms with Crippen LogP contribution in [0.4, 0.5) is 0 Å². The second-order valence-electron chi connectivity index (χ2n) is 6.11. The van der Waals surface area contributed by atoms with Gasteiger partial charge >= 0.3 is 0 Å². The van der Waals surface area contributed by atoms with Gasteiger partial charge in [0.1, 0.15) is 0 Å². The molecule has 1 unspecified atom stereocenters. The van der Waals surface area contributed by atoms with E-state index in [1.807, 2.05) is 20.0 Å². The zero-order valence-electron chi connectivity index (χ0n) is 14.5. The normalized spacial score (nSPS) is 12.6. The summed E-state index contributed by atoms with van der Waals surface area (Å²) in [5, 5.41) is 12.1. The van der Waals surface area contributed by atoms with Crippen LogP contribution < -0.4 is 5.32 Å². The van der Waals surface area contributed by atoms with Crippen LogP contribution in [0.1, 0.15) is 43.9 Å². The van der Waals surface area contributed by atoms with Gasteiger partial charge in [0.05, 0.1) is 16.6 Å². The van der Waals surface area contributed by atoms with Gasteiger partial charge in [-0.05, 0) is 32.9 Å².